The number of anilines is 1. The van der Waals surface area contributed by atoms with E-state index in [1.54, 1.807) is 35.2 Å². The highest BCUT2D eigenvalue weighted by Crippen LogP contribution is 2.14. The minimum absolute atomic E-state index is 0.0476. The summed E-state index contributed by atoms with van der Waals surface area (Å²) in [5, 5.41) is 5.48. The summed E-state index contributed by atoms with van der Waals surface area (Å²) in [5.74, 6) is -0.800. The summed E-state index contributed by atoms with van der Waals surface area (Å²) in [6.45, 7) is 8.83. The molecule has 2 aromatic rings. The van der Waals surface area contributed by atoms with Gasteiger partial charge in [-0.15, -0.1) is 0 Å². The number of carbonyl (C=O) groups excluding carboxylic acids is 3. The molecule has 0 radical (unpaired) electrons. The Morgan fingerprint density at radius 2 is 1.68 bits per heavy atom. The number of carbonyl (C=O) groups is 3. The van der Waals surface area contributed by atoms with E-state index in [0.29, 0.717) is 24.3 Å². The smallest absolute Gasteiger partial charge is 0.287 e. The van der Waals surface area contributed by atoms with Crippen molar-refractivity contribution in [2.45, 2.75) is 33.7 Å². The van der Waals surface area contributed by atoms with Gasteiger partial charge in [-0.25, -0.2) is 0 Å². The molecule has 7 heteroatoms. The lowest BCUT2D eigenvalue weighted by molar-refractivity contribution is -0.118. The van der Waals surface area contributed by atoms with E-state index in [0.717, 1.165) is 0 Å². The molecule has 1 atom stereocenters. The molecule has 0 saturated heterocycles. The van der Waals surface area contributed by atoms with E-state index in [-0.39, 0.29) is 23.5 Å². The lowest BCUT2D eigenvalue weighted by Gasteiger charge is -2.21. The Kier molecular flexibility index (Phi) is 7.37. The van der Waals surface area contributed by atoms with Gasteiger partial charge in [0.1, 0.15) is 6.04 Å². The van der Waals surface area contributed by atoms with Crippen LogP contribution in [0.5, 0.6) is 0 Å². The fourth-order valence-corrected chi connectivity index (χ4v) is 2.76. The Morgan fingerprint density at radius 1 is 1.04 bits per heavy atom. The summed E-state index contributed by atoms with van der Waals surface area (Å²) in [6.07, 6.45) is 1.40. The first-order chi connectivity index (χ1) is 13.4. The van der Waals surface area contributed by atoms with Gasteiger partial charge in [-0.3, -0.25) is 14.4 Å². The van der Waals surface area contributed by atoms with Gasteiger partial charge in [0.05, 0.1) is 6.26 Å². The molecule has 1 heterocycles. The number of benzene rings is 1. The molecule has 1 aromatic carbocycles. The number of nitrogens with zero attached hydrogens (tertiary/aromatic N) is 1. The van der Waals surface area contributed by atoms with E-state index >= 15 is 0 Å². The number of hydrogen-bond acceptors (Lipinski definition) is 4. The standard InChI is InChI=1S/C21H27N3O4/c1-5-24(6-2)21(27)15-9-11-16(12-10-15)22-20(26)18(14(3)4)23-19(25)17-8-7-13-28-17/h7-14,18H,5-6H2,1-4H3,(H,22,26)(H,23,25)/t18-/m0/s1. The van der Waals surface area contributed by atoms with E-state index in [4.69, 9.17) is 4.42 Å². The first-order valence-electron chi connectivity index (χ1n) is 9.41. The fourth-order valence-electron chi connectivity index (χ4n) is 2.76. The maximum atomic E-state index is 12.6. The molecule has 0 saturated carbocycles. The van der Waals surface area contributed by atoms with Crippen LogP contribution < -0.4 is 10.6 Å². The molecule has 2 rings (SSSR count). The molecule has 0 aliphatic carbocycles. The van der Waals surface area contributed by atoms with Crippen molar-refractivity contribution in [1.29, 1.82) is 0 Å². The molecule has 2 N–H and O–H groups in total. The number of furan rings is 1. The summed E-state index contributed by atoms with van der Waals surface area (Å²) in [5.41, 5.74) is 1.12. The topological polar surface area (TPSA) is 91.7 Å². The maximum Gasteiger partial charge on any atom is 0.287 e. The predicted octanol–water partition coefficient (Wildman–Crippen LogP) is 3.15. The molecule has 7 nitrogen and oxygen atoms in total. The first kappa shape index (κ1) is 21.2. The van der Waals surface area contributed by atoms with E-state index in [1.165, 1.54) is 12.3 Å². The van der Waals surface area contributed by atoms with Crippen LogP contribution in [0.3, 0.4) is 0 Å². The van der Waals surface area contributed by atoms with Crippen LogP contribution in [0.4, 0.5) is 5.69 Å². The quantitative estimate of drug-likeness (QED) is 0.730. The lowest BCUT2D eigenvalue weighted by atomic mass is 10.0. The monoisotopic (exact) mass is 385 g/mol. The van der Waals surface area contributed by atoms with Crippen molar-refractivity contribution >= 4 is 23.4 Å². The third-order valence-electron chi connectivity index (χ3n) is 4.43. The predicted molar refractivity (Wildman–Crippen MR) is 107 cm³/mol. The summed E-state index contributed by atoms with van der Waals surface area (Å²) < 4.78 is 5.07. The van der Waals surface area contributed by atoms with Crippen LogP contribution in [0.15, 0.2) is 47.1 Å². The number of hydrogen-bond donors (Lipinski definition) is 2. The second kappa shape index (κ2) is 9.73. The molecule has 28 heavy (non-hydrogen) atoms. The van der Waals surface area contributed by atoms with Crippen molar-refractivity contribution in [3.63, 3.8) is 0 Å². The van der Waals surface area contributed by atoms with Crippen LogP contribution in [0, 0.1) is 5.92 Å². The zero-order chi connectivity index (χ0) is 20.7. The van der Waals surface area contributed by atoms with Gasteiger partial charge >= 0.3 is 0 Å². The average molecular weight is 385 g/mol. The van der Waals surface area contributed by atoms with E-state index in [2.05, 4.69) is 10.6 Å². The number of amides is 3. The van der Waals surface area contributed by atoms with Gasteiger partial charge in [-0.1, -0.05) is 13.8 Å². The Balaban J connectivity index is 2.05. The van der Waals surface area contributed by atoms with Crippen molar-refractivity contribution in [3.05, 3.63) is 54.0 Å². The van der Waals surface area contributed by atoms with Crippen molar-refractivity contribution in [1.82, 2.24) is 10.2 Å². The van der Waals surface area contributed by atoms with Crippen molar-refractivity contribution in [2.75, 3.05) is 18.4 Å². The van der Waals surface area contributed by atoms with Crippen LogP contribution >= 0.6 is 0 Å². The van der Waals surface area contributed by atoms with Crippen LogP contribution in [-0.4, -0.2) is 41.8 Å². The zero-order valence-electron chi connectivity index (χ0n) is 16.7. The molecule has 0 fully saturated rings. The molecule has 0 unspecified atom stereocenters. The first-order valence-corrected chi connectivity index (χ1v) is 9.41. The second-order valence-electron chi connectivity index (χ2n) is 6.72. The van der Waals surface area contributed by atoms with Gasteiger partial charge in [-0.2, -0.15) is 0 Å². The summed E-state index contributed by atoms with van der Waals surface area (Å²) in [7, 11) is 0. The van der Waals surface area contributed by atoms with Crippen LogP contribution in [0.2, 0.25) is 0 Å². The molecule has 0 spiro atoms. The van der Waals surface area contributed by atoms with Crippen molar-refractivity contribution in [3.8, 4) is 0 Å². The fraction of sp³-hybridized carbons (Fsp3) is 0.381. The van der Waals surface area contributed by atoms with Crippen molar-refractivity contribution < 1.29 is 18.8 Å². The Hall–Kier alpha value is -3.09. The molecule has 1 aromatic heterocycles. The van der Waals surface area contributed by atoms with Gasteiger partial charge in [0.2, 0.25) is 5.91 Å². The highest BCUT2D eigenvalue weighted by atomic mass is 16.3. The summed E-state index contributed by atoms with van der Waals surface area (Å²) in [4.78, 5) is 38.9. The minimum Gasteiger partial charge on any atom is -0.459 e. The van der Waals surface area contributed by atoms with Crippen LogP contribution in [-0.2, 0) is 4.79 Å². The minimum atomic E-state index is -0.727. The molecule has 150 valence electrons. The third-order valence-corrected chi connectivity index (χ3v) is 4.43. The molecule has 3 amide bonds. The van der Waals surface area contributed by atoms with Gasteiger partial charge < -0.3 is 20.0 Å². The largest absolute Gasteiger partial charge is 0.459 e. The molecule has 0 bridgehead atoms. The third kappa shape index (κ3) is 5.22. The second-order valence-corrected chi connectivity index (χ2v) is 6.72. The molecule has 0 aliphatic rings. The van der Waals surface area contributed by atoms with Crippen LogP contribution in [0.1, 0.15) is 48.6 Å². The van der Waals surface area contributed by atoms with Gasteiger partial charge in [0, 0.05) is 24.3 Å². The molecular weight excluding hydrogens is 358 g/mol. The Bertz CT molecular complexity index is 794. The van der Waals surface area contributed by atoms with E-state index in [9.17, 15) is 14.4 Å². The summed E-state index contributed by atoms with van der Waals surface area (Å²) in [6, 6.07) is 9.15. The van der Waals surface area contributed by atoms with Crippen LogP contribution in [0.25, 0.3) is 0 Å². The highest BCUT2D eigenvalue weighted by Gasteiger charge is 2.25. The van der Waals surface area contributed by atoms with Crippen molar-refractivity contribution in [2.24, 2.45) is 5.92 Å². The maximum absolute atomic E-state index is 12.6. The molecule has 0 aliphatic heterocycles. The number of rotatable bonds is 8. The van der Waals surface area contributed by atoms with Gasteiger partial charge in [0.25, 0.3) is 11.8 Å². The average Bonchev–Trinajstić information content (AvgIpc) is 3.22. The van der Waals surface area contributed by atoms with E-state index < -0.39 is 11.9 Å². The Morgan fingerprint density at radius 3 is 2.18 bits per heavy atom. The molecular formula is C21H27N3O4. The highest BCUT2D eigenvalue weighted by molar-refractivity contribution is 6.00. The number of nitrogens with one attached hydrogen (secondary N) is 2. The lowest BCUT2D eigenvalue weighted by Crippen LogP contribution is -2.47. The zero-order valence-corrected chi connectivity index (χ0v) is 16.7. The van der Waals surface area contributed by atoms with E-state index in [1.807, 2.05) is 27.7 Å². The Labute approximate surface area is 165 Å². The summed E-state index contributed by atoms with van der Waals surface area (Å²) >= 11 is 0. The SMILES string of the molecule is CCN(CC)C(=O)c1ccc(NC(=O)[C@@H](NC(=O)c2ccco2)C(C)C)cc1. The van der Waals surface area contributed by atoms with Gasteiger partial charge in [0.15, 0.2) is 5.76 Å². The van der Waals surface area contributed by atoms with Gasteiger partial charge in [-0.05, 0) is 56.2 Å². The normalized spacial score (nSPS) is 11.8.